The molecule has 2 aromatic heterocycles. The van der Waals surface area contributed by atoms with Gasteiger partial charge in [0.25, 0.3) is 0 Å². The summed E-state index contributed by atoms with van der Waals surface area (Å²) in [5, 5.41) is 17.0. The first kappa shape index (κ1) is 56.2. The number of urea groups is 1. The van der Waals surface area contributed by atoms with E-state index < -0.39 is 0 Å². The van der Waals surface area contributed by atoms with Gasteiger partial charge in [-0.1, -0.05) is 69.7 Å². The molecule has 74 heavy (non-hydrogen) atoms. The summed E-state index contributed by atoms with van der Waals surface area (Å²) in [6.45, 7) is 17.2. The molecule has 5 aromatic rings. The van der Waals surface area contributed by atoms with Crippen LogP contribution in [0.2, 0.25) is 10.0 Å². The van der Waals surface area contributed by atoms with Crippen molar-refractivity contribution in [3.05, 3.63) is 158 Å². The fourth-order valence-electron chi connectivity index (χ4n) is 10.9. The molecular formula is C59H76Cl2N12O. The summed E-state index contributed by atoms with van der Waals surface area (Å²) in [7, 11) is 4.39. The standard InChI is InChI=1S/C32H34ClN7O.C24H30ClN5.3CH4/c1-37-11-13-38(14-12-37)22-25-19-24-3-2-10-35-30(24)31(28-9-6-26(33)20-29(25)28)39-15-17-40(18-16-39)32(41)36-27-7-4-23(21-34)5-8-27;1-28-11-13-29(14-12-28)17-19-15-18-3-2-6-27-23(18)24(30-9-7-26-8-10-30)21-5-4-20(25)16-22(19)21;;;/h2-10,19-20,31H,11-18,22H2,1H3,(H,36,41);2-6,15-16,24,26H,7-14,17H2,1H3;3*1H4. The predicted molar refractivity (Wildman–Crippen MR) is 307 cm³/mol. The number of nitrogens with zero attached hydrogens (tertiary/aromatic N) is 10. The Morgan fingerprint density at radius 3 is 1.54 bits per heavy atom. The maximum Gasteiger partial charge on any atom is 0.321 e. The minimum atomic E-state index is -0.128. The smallest absolute Gasteiger partial charge is 0.321 e. The zero-order valence-corrected chi connectivity index (χ0v) is 42.4. The lowest BCUT2D eigenvalue weighted by atomic mass is 9.93. The Kier molecular flexibility index (Phi) is 19.6. The number of benzene rings is 3. The number of halogens is 2. The van der Waals surface area contributed by atoms with Crippen LogP contribution in [0.5, 0.6) is 0 Å². The fourth-order valence-corrected chi connectivity index (χ4v) is 11.3. The first-order chi connectivity index (χ1) is 34.7. The van der Waals surface area contributed by atoms with Crippen molar-refractivity contribution < 1.29 is 4.79 Å². The summed E-state index contributed by atoms with van der Waals surface area (Å²) in [6, 6.07) is 30.2. The van der Waals surface area contributed by atoms with Gasteiger partial charge in [-0.2, -0.15) is 5.26 Å². The van der Waals surface area contributed by atoms with Crippen molar-refractivity contribution in [3.8, 4) is 6.07 Å². The summed E-state index contributed by atoms with van der Waals surface area (Å²) in [5.41, 5.74) is 13.4. The molecule has 2 atom stereocenters. The van der Waals surface area contributed by atoms with E-state index in [-0.39, 0.29) is 40.4 Å². The topological polar surface area (TPSA) is 113 Å². The molecule has 0 radical (unpaired) electrons. The van der Waals surface area contributed by atoms with Gasteiger partial charge in [0.2, 0.25) is 0 Å². The fraction of sp³-hybridized carbons (Fsp3) is 0.424. The molecule has 11 rings (SSSR count). The maximum atomic E-state index is 13.0. The number of piperazine rings is 4. The van der Waals surface area contributed by atoms with Crippen LogP contribution in [0.4, 0.5) is 10.5 Å². The van der Waals surface area contributed by atoms with Gasteiger partial charge in [0.05, 0.1) is 35.1 Å². The van der Waals surface area contributed by atoms with E-state index in [1.54, 1.807) is 24.3 Å². The Bertz CT molecular complexity index is 2780. The van der Waals surface area contributed by atoms with Gasteiger partial charge in [0.15, 0.2) is 0 Å². The second-order valence-electron chi connectivity index (χ2n) is 19.7. The van der Waals surface area contributed by atoms with Gasteiger partial charge >= 0.3 is 6.03 Å². The van der Waals surface area contributed by atoms with Gasteiger partial charge in [0.1, 0.15) is 0 Å². The molecule has 2 amide bonds. The molecule has 0 spiro atoms. The van der Waals surface area contributed by atoms with Gasteiger partial charge < -0.3 is 25.3 Å². The number of carbonyl (C=O) groups excluding carboxylic acids is 1. The largest absolute Gasteiger partial charge is 0.322 e. The molecule has 6 heterocycles. The molecule has 4 aliphatic heterocycles. The molecule has 0 saturated carbocycles. The highest BCUT2D eigenvalue weighted by Gasteiger charge is 2.35. The Morgan fingerprint density at radius 2 is 1.08 bits per heavy atom. The Morgan fingerprint density at radius 1 is 0.622 bits per heavy atom. The van der Waals surface area contributed by atoms with E-state index in [4.69, 9.17) is 38.4 Å². The van der Waals surface area contributed by atoms with Crippen LogP contribution in [-0.4, -0.2) is 182 Å². The van der Waals surface area contributed by atoms with E-state index >= 15 is 0 Å². The van der Waals surface area contributed by atoms with Crippen LogP contribution in [0.25, 0.3) is 23.3 Å². The predicted octanol–water partition coefficient (Wildman–Crippen LogP) is 9.39. The number of hydrogen-bond donors (Lipinski definition) is 2. The number of pyridine rings is 2. The third-order valence-electron chi connectivity index (χ3n) is 15.0. The molecular weight excluding hydrogens is 964 g/mol. The summed E-state index contributed by atoms with van der Waals surface area (Å²) < 4.78 is 0. The highest BCUT2D eigenvalue weighted by molar-refractivity contribution is 6.31. The number of carbonyl (C=O) groups is 1. The van der Waals surface area contributed by atoms with Crippen LogP contribution >= 0.6 is 23.2 Å². The lowest BCUT2D eigenvalue weighted by Gasteiger charge is -2.40. The number of nitriles is 1. The molecule has 15 heteroatoms. The zero-order valence-electron chi connectivity index (χ0n) is 40.9. The number of nitrogens with one attached hydrogen (secondary N) is 2. The van der Waals surface area contributed by atoms with Crippen LogP contribution in [0.3, 0.4) is 0 Å². The first-order valence-corrected chi connectivity index (χ1v) is 25.9. The Hall–Kier alpha value is -5.50. The lowest BCUT2D eigenvalue weighted by Crippen LogP contribution is -2.51. The number of aromatic nitrogens is 2. The molecule has 392 valence electrons. The average Bonchev–Trinajstić information content (AvgIpc) is 3.62. The van der Waals surface area contributed by atoms with E-state index in [0.717, 1.165) is 132 Å². The molecule has 2 N–H and O–H groups in total. The first-order valence-electron chi connectivity index (χ1n) is 25.1. The summed E-state index contributed by atoms with van der Waals surface area (Å²) in [6.07, 6.45) is 8.47. The highest BCUT2D eigenvalue weighted by Crippen LogP contribution is 2.42. The van der Waals surface area contributed by atoms with Crippen molar-refractivity contribution in [2.75, 3.05) is 137 Å². The number of hydrogen-bond acceptors (Lipinski definition) is 11. The van der Waals surface area contributed by atoms with Crippen LogP contribution < -0.4 is 10.6 Å². The van der Waals surface area contributed by atoms with Gasteiger partial charge in [-0.05, 0) is 131 Å². The van der Waals surface area contributed by atoms with Crippen LogP contribution in [0.1, 0.15) is 84.7 Å². The second kappa shape index (κ2) is 25.8. The van der Waals surface area contributed by atoms with Crippen LogP contribution in [-0.2, 0) is 0 Å². The van der Waals surface area contributed by atoms with Crippen molar-refractivity contribution in [1.82, 2.24) is 49.6 Å². The number of anilines is 1. The number of amides is 2. The lowest BCUT2D eigenvalue weighted by molar-refractivity contribution is 0.125. The molecule has 3 aromatic carbocycles. The van der Waals surface area contributed by atoms with Gasteiger partial charge in [0, 0.05) is 146 Å². The molecule has 2 aliphatic carbocycles. The van der Waals surface area contributed by atoms with Crippen LogP contribution in [0.15, 0.2) is 97.3 Å². The SMILES string of the molecule is C.C.C.CN1CCN(CC2=Cc3cccnc3C(N3CCN(C(=O)Nc4ccc(C#N)cc4)CC3)c3ccc(Cl)cc32)CC1.CN1CCN(CC2=Cc3cccnc3C(N3CCNCC3)c3ccc(Cl)cc32)CC1. The summed E-state index contributed by atoms with van der Waals surface area (Å²) in [5.74, 6) is 0. The van der Waals surface area contributed by atoms with Gasteiger partial charge in [-0.25, -0.2) is 4.79 Å². The minimum Gasteiger partial charge on any atom is -0.322 e. The van der Waals surface area contributed by atoms with E-state index in [1.165, 1.54) is 39.0 Å². The monoisotopic (exact) mass is 1040 g/mol. The van der Waals surface area contributed by atoms with Gasteiger partial charge in [-0.15, -0.1) is 0 Å². The molecule has 6 aliphatic rings. The molecule has 4 fully saturated rings. The number of fused-ring (bicyclic) bond motifs is 4. The third-order valence-corrected chi connectivity index (χ3v) is 15.4. The van der Waals surface area contributed by atoms with Gasteiger partial charge in [-0.3, -0.25) is 29.6 Å². The van der Waals surface area contributed by atoms with Crippen molar-refractivity contribution in [1.29, 1.82) is 5.26 Å². The summed E-state index contributed by atoms with van der Waals surface area (Å²) >= 11 is 13.1. The average molecular weight is 1040 g/mol. The van der Waals surface area contributed by atoms with Crippen molar-refractivity contribution >= 4 is 58.2 Å². The van der Waals surface area contributed by atoms with Crippen LogP contribution in [0, 0.1) is 11.3 Å². The van der Waals surface area contributed by atoms with Crippen molar-refractivity contribution in [2.45, 2.75) is 34.4 Å². The van der Waals surface area contributed by atoms with Crippen molar-refractivity contribution in [3.63, 3.8) is 0 Å². The van der Waals surface area contributed by atoms with E-state index in [2.05, 4.69) is 115 Å². The Balaban J connectivity index is 0.000000217. The molecule has 13 nitrogen and oxygen atoms in total. The number of rotatable bonds is 7. The van der Waals surface area contributed by atoms with E-state index in [0.29, 0.717) is 24.3 Å². The quantitative estimate of drug-likeness (QED) is 0.163. The third kappa shape index (κ3) is 12.9. The summed E-state index contributed by atoms with van der Waals surface area (Å²) in [4.78, 5) is 39.6. The zero-order chi connectivity index (χ0) is 48.8. The molecule has 0 bridgehead atoms. The Labute approximate surface area is 451 Å². The molecule has 4 saturated heterocycles. The van der Waals surface area contributed by atoms with E-state index in [9.17, 15) is 4.79 Å². The van der Waals surface area contributed by atoms with Crippen molar-refractivity contribution in [2.24, 2.45) is 0 Å². The second-order valence-corrected chi connectivity index (χ2v) is 20.5. The minimum absolute atomic E-state index is 0. The molecule has 2 unspecified atom stereocenters. The maximum absolute atomic E-state index is 13.0. The van der Waals surface area contributed by atoms with E-state index in [1.807, 2.05) is 35.5 Å². The highest BCUT2D eigenvalue weighted by atomic mass is 35.5. The number of likely N-dealkylation sites (N-methyl/N-ethyl adjacent to an activating group) is 2. The normalized spacial score (nSPS) is 20.5.